The molecule has 1 aromatic heterocycles. The van der Waals surface area contributed by atoms with Gasteiger partial charge < -0.3 is 10.6 Å². The molecular formula is C9H12N4O. The summed E-state index contributed by atoms with van der Waals surface area (Å²) in [5.74, 6) is 0.0405. The molecule has 0 aromatic carbocycles. The Hall–Kier alpha value is -1.49. The fourth-order valence-corrected chi connectivity index (χ4v) is 1.44. The molecule has 1 aliphatic heterocycles. The van der Waals surface area contributed by atoms with Gasteiger partial charge in [0.25, 0.3) is 5.91 Å². The first-order chi connectivity index (χ1) is 6.86. The van der Waals surface area contributed by atoms with Gasteiger partial charge in [-0.25, -0.2) is 9.97 Å². The van der Waals surface area contributed by atoms with E-state index >= 15 is 0 Å². The van der Waals surface area contributed by atoms with E-state index < -0.39 is 0 Å². The van der Waals surface area contributed by atoms with Crippen molar-refractivity contribution in [2.75, 3.05) is 13.1 Å². The minimum atomic E-state index is -0.195. The monoisotopic (exact) mass is 192 g/mol. The van der Waals surface area contributed by atoms with E-state index in [1.807, 2.05) is 0 Å². The lowest BCUT2D eigenvalue weighted by atomic mass is 10.2. The van der Waals surface area contributed by atoms with Crippen molar-refractivity contribution in [2.45, 2.75) is 12.5 Å². The van der Waals surface area contributed by atoms with Crippen molar-refractivity contribution in [1.29, 1.82) is 0 Å². The Morgan fingerprint density at radius 3 is 2.93 bits per heavy atom. The summed E-state index contributed by atoms with van der Waals surface area (Å²) in [5, 5.41) is 6.04. The topological polar surface area (TPSA) is 66.9 Å². The molecule has 74 valence electrons. The fraction of sp³-hybridized carbons (Fsp3) is 0.444. The van der Waals surface area contributed by atoms with Crippen LogP contribution in [0.15, 0.2) is 18.5 Å². The van der Waals surface area contributed by atoms with Crippen molar-refractivity contribution in [3.63, 3.8) is 0 Å². The SMILES string of the molecule is O=C(NC1CCNC1)c1ncccn1. The molecule has 5 nitrogen and oxygen atoms in total. The number of hydrogen-bond acceptors (Lipinski definition) is 4. The lowest BCUT2D eigenvalue weighted by Crippen LogP contribution is -2.37. The molecule has 0 spiro atoms. The lowest BCUT2D eigenvalue weighted by molar-refractivity contribution is 0.0929. The number of carbonyl (C=O) groups excluding carboxylic acids is 1. The third kappa shape index (κ3) is 2.05. The molecule has 0 bridgehead atoms. The lowest BCUT2D eigenvalue weighted by Gasteiger charge is -2.09. The van der Waals surface area contributed by atoms with E-state index in [1.54, 1.807) is 18.5 Å². The van der Waals surface area contributed by atoms with E-state index in [2.05, 4.69) is 20.6 Å². The van der Waals surface area contributed by atoms with Gasteiger partial charge in [0.15, 0.2) is 0 Å². The Kier molecular flexibility index (Phi) is 2.69. The third-order valence-electron chi connectivity index (χ3n) is 2.16. The molecule has 1 fully saturated rings. The molecule has 1 amide bonds. The fourth-order valence-electron chi connectivity index (χ4n) is 1.44. The second kappa shape index (κ2) is 4.15. The van der Waals surface area contributed by atoms with Crippen LogP contribution in [0.5, 0.6) is 0 Å². The molecule has 1 atom stereocenters. The van der Waals surface area contributed by atoms with Crippen molar-refractivity contribution in [1.82, 2.24) is 20.6 Å². The van der Waals surface area contributed by atoms with Crippen molar-refractivity contribution in [3.05, 3.63) is 24.3 Å². The maximum atomic E-state index is 11.5. The summed E-state index contributed by atoms with van der Waals surface area (Å²) in [7, 11) is 0. The van der Waals surface area contributed by atoms with E-state index in [4.69, 9.17) is 0 Å². The largest absolute Gasteiger partial charge is 0.345 e. The van der Waals surface area contributed by atoms with Crippen LogP contribution in [0.3, 0.4) is 0 Å². The van der Waals surface area contributed by atoms with Gasteiger partial charge in [-0.1, -0.05) is 0 Å². The summed E-state index contributed by atoms with van der Waals surface area (Å²) in [4.78, 5) is 19.3. The van der Waals surface area contributed by atoms with Gasteiger partial charge in [-0.05, 0) is 19.0 Å². The highest BCUT2D eigenvalue weighted by atomic mass is 16.2. The second-order valence-corrected chi connectivity index (χ2v) is 3.24. The number of nitrogens with one attached hydrogen (secondary N) is 2. The van der Waals surface area contributed by atoms with Crippen molar-refractivity contribution < 1.29 is 4.79 Å². The van der Waals surface area contributed by atoms with E-state index in [1.165, 1.54) is 0 Å². The van der Waals surface area contributed by atoms with Crippen LogP contribution in [0, 0.1) is 0 Å². The van der Waals surface area contributed by atoms with Gasteiger partial charge in [-0.15, -0.1) is 0 Å². The van der Waals surface area contributed by atoms with Crippen LogP contribution in [0.25, 0.3) is 0 Å². The average Bonchev–Trinajstić information content (AvgIpc) is 2.72. The number of nitrogens with zero attached hydrogens (tertiary/aromatic N) is 2. The molecule has 1 aromatic rings. The van der Waals surface area contributed by atoms with Crippen LogP contribution in [-0.2, 0) is 0 Å². The third-order valence-corrected chi connectivity index (χ3v) is 2.16. The Bertz CT molecular complexity index is 308. The standard InChI is InChI=1S/C9H12N4O/c14-9(8-11-3-1-4-12-8)13-7-2-5-10-6-7/h1,3-4,7,10H,2,5-6H2,(H,13,14). The summed E-state index contributed by atoms with van der Waals surface area (Å²) in [5.41, 5.74) is 0. The number of hydrogen-bond donors (Lipinski definition) is 2. The summed E-state index contributed by atoms with van der Waals surface area (Å²) in [6.45, 7) is 1.79. The zero-order valence-corrected chi connectivity index (χ0v) is 7.73. The van der Waals surface area contributed by atoms with E-state index in [0.717, 1.165) is 19.5 Å². The van der Waals surface area contributed by atoms with Crippen LogP contribution in [0.2, 0.25) is 0 Å². The molecule has 14 heavy (non-hydrogen) atoms. The molecule has 1 aliphatic rings. The molecule has 1 unspecified atom stereocenters. The van der Waals surface area contributed by atoms with Crippen LogP contribution in [0.1, 0.15) is 17.0 Å². The Morgan fingerprint density at radius 2 is 2.29 bits per heavy atom. The molecule has 0 aliphatic carbocycles. The van der Waals surface area contributed by atoms with Crippen molar-refractivity contribution in [2.24, 2.45) is 0 Å². The Morgan fingerprint density at radius 1 is 1.50 bits per heavy atom. The Labute approximate surface area is 82.0 Å². The normalized spacial score (nSPS) is 20.7. The maximum absolute atomic E-state index is 11.5. The first kappa shape index (κ1) is 9.08. The molecule has 0 radical (unpaired) electrons. The number of carbonyl (C=O) groups is 1. The van der Waals surface area contributed by atoms with Crippen molar-refractivity contribution in [3.8, 4) is 0 Å². The number of rotatable bonds is 2. The van der Waals surface area contributed by atoms with Gasteiger partial charge in [0.2, 0.25) is 5.82 Å². The molecule has 2 rings (SSSR count). The summed E-state index contributed by atoms with van der Waals surface area (Å²) in [6.07, 6.45) is 4.10. The minimum absolute atomic E-state index is 0.195. The Balaban J connectivity index is 1.95. The number of aromatic nitrogens is 2. The molecular weight excluding hydrogens is 180 g/mol. The first-order valence-corrected chi connectivity index (χ1v) is 4.65. The minimum Gasteiger partial charge on any atom is -0.345 e. The quantitative estimate of drug-likeness (QED) is 0.667. The van der Waals surface area contributed by atoms with Crippen LogP contribution in [0.4, 0.5) is 0 Å². The van der Waals surface area contributed by atoms with Crippen molar-refractivity contribution >= 4 is 5.91 Å². The van der Waals surface area contributed by atoms with Gasteiger partial charge in [0.05, 0.1) is 0 Å². The molecule has 5 heteroatoms. The van der Waals surface area contributed by atoms with E-state index in [0.29, 0.717) is 0 Å². The highest BCUT2D eigenvalue weighted by Crippen LogP contribution is 1.98. The molecule has 1 saturated heterocycles. The zero-order chi connectivity index (χ0) is 9.80. The number of amides is 1. The average molecular weight is 192 g/mol. The van der Waals surface area contributed by atoms with Gasteiger partial charge in [-0.2, -0.15) is 0 Å². The second-order valence-electron chi connectivity index (χ2n) is 3.24. The summed E-state index contributed by atoms with van der Waals surface area (Å²) >= 11 is 0. The smallest absolute Gasteiger partial charge is 0.289 e. The molecule has 2 N–H and O–H groups in total. The summed E-state index contributed by atoms with van der Waals surface area (Å²) < 4.78 is 0. The zero-order valence-electron chi connectivity index (χ0n) is 7.73. The highest BCUT2D eigenvalue weighted by Gasteiger charge is 2.18. The van der Waals surface area contributed by atoms with Gasteiger partial charge in [-0.3, -0.25) is 4.79 Å². The molecule has 2 heterocycles. The van der Waals surface area contributed by atoms with Crippen LogP contribution in [-0.4, -0.2) is 35.0 Å². The van der Waals surface area contributed by atoms with E-state index in [-0.39, 0.29) is 17.8 Å². The predicted molar refractivity (Wildman–Crippen MR) is 50.8 cm³/mol. The predicted octanol–water partition coefficient (Wildman–Crippen LogP) is -0.432. The van der Waals surface area contributed by atoms with Gasteiger partial charge in [0, 0.05) is 25.0 Å². The first-order valence-electron chi connectivity index (χ1n) is 4.65. The summed E-state index contributed by atoms with van der Waals surface area (Å²) in [6, 6.07) is 1.90. The maximum Gasteiger partial charge on any atom is 0.289 e. The highest BCUT2D eigenvalue weighted by molar-refractivity contribution is 5.90. The van der Waals surface area contributed by atoms with Crippen LogP contribution >= 0.6 is 0 Å². The van der Waals surface area contributed by atoms with E-state index in [9.17, 15) is 4.79 Å². The van der Waals surface area contributed by atoms with Crippen LogP contribution < -0.4 is 10.6 Å². The van der Waals surface area contributed by atoms with Gasteiger partial charge in [0.1, 0.15) is 0 Å². The van der Waals surface area contributed by atoms with Gasteiger partial charge >= 0.3 is 0 Å². The molecule has 0 saturated carbocycles.